The number of hydrogen-bond acceptors (Lipinski definition) is 6. The van der Waals surface area contributed by atoms with Gasteiger partial charge in [0, 0.05) is 28.2 Å². The van der Waals surface area contributed by atoms with Crippen LogP contribution >= 0.6 is 11.3 Å². The van der Waals surface area contributed by atoms with Crippen molar-refractivity contribution in [1.82, 2.24) is 4.98 Å². The quantitative estimate of drug-likeness (QED) is 0.180. The summed E-state index contributed by atoms with van der Waals surface area (Å²) in [5.41, 5.74) is 7.95. The maximum Gasteiger partial charge on any atom is 0.150 e. The average Bonchev–Trinajstić information content (AvgIpc) is 3.46. The first-order chi connectivity index (χ1) is 19.6. The van der Waals surface area contributed by atoms with Gasteiger partial charge in [0.2, 0.25) is 0 Å². The fourth-order valence-electron chi connectivity index (χ4n) is 4.64. The molecule has 0 saturated carbocycles. The van der Waals surface area contributed by atoms with E-state index in [9.17, 15) is 4.79 Å². The highest BCUT2D eigenvalue weighted by Gasteiger charge is 2.14. The van der Waals surface area contributed by atoms with Crippen LogP contribution in [0, 0.1) is 0 Å². The van der Waals surface area contributed by atoms with E-state index in [1.807, 2.05) is 48.5 Å². The molecule has 5 nitrogen and oxygen atoms in total. The molecule has 0 N–H and O–H groups in total. The summed E-state index contributed by atoms with van der Waals surface area (Å²) in [6, 6.07) is 38.5. The van der Waals surface area contributed by atoms with E-state index in [0.29, 0.717) is 5.56 Å². The minimum absolute atomic E-state index is 0.672. The van der Waals surface area contributed by atoms with Gasteiger partial charge in [-0.2, -0.15) is 0 Å². The van der Waals surface area contributed by atoms with Gasteiger partial charge < -0.3 is 14.4 Å². The van der Waals surface area contributed by atoms with Crippen molar-refractivity contribution in [1.29, 1.82) is 0 Å². The van der Waals surface area contributed by atoms with Crippen LogP contribution in [0.15, 0.2) is 115 Å². The SMILES string of the molecule is COc1ccc(N(c2ccc(OC)cc2)c2ccc(-c3nc4ccc(-c5ccc(C=O)cc5)cc4s3)cc2)cc1. The monoisotopic (exact) mass is 542 g/mol. The van der Waals surface area contributed by atoms with E-state index in [-0.39, 0.29) is 0 Å². The highest BCUT2D eigenvalue weighted by Crippen LogP contribution is 2.38. The molecule has 1 heterocycles. The molecular formula is C34H26N2O3S. The number of fused-ring (bicyclic) bond motifs is 1. The lowest BCUT2D eigenvalue weighted by molar-refractivity contribution is 0.112. The summed E-state index contributed by atoms with van der Waals surface area (Å²) in [5, 5.41) is 0.968. The number of anilines is 3. The number of methoxy groups -OCH3 is 2. The van der Waals surface area contributed by atoms with Crippen molar-refractivity contribution in [2.75, 3.05) is 19.1 Å². The number of carbonyl (C=O) groups is 1. The van der Waals surface area contributed by atoms with E-state index in [1.165, 1.54) is 0 Å². The molecule has 0 saturated heterocycles. The number of thiazole rings is 1. The smallest absolute Gasteiger partial charge is 0.150 e. The van der Waals surface area contributed by atoms with Gasteiger partial charge in [0.05, 0.1) is 24.4 Å². The lowest BCUT2D eigenvalue weighted by atomic mass is 10.0. The summed E-state index contributed by atoms with van der Waals surface area (Å²) >= 11 is 1.67. The van der Waals surface area contributed by atoms with Crippen LogP contribution in [-0.2, 0) is 0 Å². The number of aromatic nitrogens is 1. The number of nitrogens with zero attached hydrogens (tertiary/aromatic N) is 2. The molecule has 5 aromatic carbocycles. The summed E-state index contributed by atoms with van der Waals surface area (Å²) in [5.74, 6) is 1.62. The van der Waals surface area contributed by atoms with Crippen molar-refractivity contribution in [2.45, 2.75) is 0 Å². The fraction of sp³-hybridized carbons (Fsp3) is 0.0588. The van der Waals surface area contributed by atoms with Crippen LogP contribution in [0.1, 0.15) is 10.4 Å². The second-order valence-electron chi connectivity index (χ2n) is 9.22. The summed E-state index contributed by atoms with van der Waals surface area (Å²) in [4.78, 5) is 18.1. The second kappa shape index (κ2) is 11.0. The van der Waals surface area contributed by atoms with Gasteiger partial charge in [-0.1, -0.05) is 30.3 Å². The van der Waals surface area contributed by atoms with Crippen molar-refractivity contribution in [3.8, 4) is 33.2 Å². The first kappa shape index (κ1) is 25.3. The standard InChI is InChI=1S/C34H26N2O3S/c1-38-30-16-12-28(13-17-30)36(29-14-18-31(39-2)19-15-29)27-10-7-25(8-11-27)34-35-32-20-9-26(21-33(32)40-34)24-5-3-23(22-37)4-6-24/h3-22H,1-2H3. The third kappa shape index (κ3) is 5.05. The van der Waals surface area contributed by atoms with Crippen molar-refractivity contribution in [3.63, 3.8) is 0 Å². The van der Waals surface area contributed by atoms with Crippen LogP contribution in [0.25, 0.3) is 31.9 Å². The highest BCUT2D eigenvalue weighted by atomic mass is 32.1. The van der Waals surface area contributed by atoms with Gasteiger partial charge in [0.25, 0.3) is 0 Å². The third-order valence-electron chi connectivity index (χ3n) is 6.80. The van der Waals surface area contributed by atoms with Gasteiger partial charge in [0.1, 0.15) is 22.8 Å². The van der Waals surface area contributed by atoms with Crippen molar-refractivity contribution < 1.29 is 14.3 Å². The molecule has 6 aromatic rings. The molecule has 6 heteroatoms. The van der Waals surface area contributed by atoms with E-state index in [4.69, 9.17) is 14.5 Å². The van der Waals surface area contributed by atoms with E-state index >= 15 is 0 Å². The lowest BCUT2D eigenvalue weighted by Gasteiger charge is -2.26. The highest BCUT2D eigenvalue weighted by molar-refractivity contribution is 7.21. The van der Waals surface area contributed by atoms with Crippen LogP contribution in [-0.4, -0.2) is 25.5 Å². The third-order valence-corrected chi connectivity index (χ3v) is 7.87. The molecule has 6 rings (SSSR count). The van der Waals surface area contributed by atoms with Crippen molar-refractivity contribution in [2.24, 2.45) is 0 Å². The molecule has 40 heavy (non-hydrogen) atoms. The number of aldehydes is 1. The summed E-state index contributed by atoms with van der Waals surface area (Å²) in [6.45, 7) is 0. The Balaban J connectivity index is 1.32. The number of hydrogen-bond donors (Lipinski definition) is 0. The maximum atomic E-state index is 11.0. The average molecular weight is 543 g/mol. The molecule has 0 amide bonds. The molecule has 0 spiro atoms. The minimum atomic E-state index is 0.672. The molecule has 0 atom stereocenters. The molecule has 0 aliphatic heterocycles. The van der Waals surface area contributed by atoms with Crippen LogP contribution < -0.4 is 14.4 Å². The van der Waals surface area contributed by atoms with Crippen molar-refractivity contribution >= 4 is 44.9 Å². The number of rotatable bonds is 8. The van der Waals surface area contributed by atoms with Gasteiger partial charge in [-0.25, -0.2) is 4.98 Å². The van der Waals surface area contributed by atoms with Gasteiger partial charge in [-0.15, -0.1) is 11.3 Å². The fourth-order valence-corrected chi connectivity index (χ4v) is 5.66. The minimum Gasteiger partial charge on any atom is -0.497 e. The maximum absolute atomic E-state index is 11.0. The molecule has 196 valence electrons. The molecule has 0 bridgehead atoms. The largest absolute Gasteiger partial charge is 0.497 e. The van der Waals surface area contributed by atoms with E-state index in [2.05, 4.69) is 71.6 Å². The van der Waals surface area contributed by atoms with E-state index in [1.54, 1.807) is 25.6 Å². The predicted molar refractivity (Wildman–Crippen MR) is 164 cm³/mol. The Morgan fingerprint density at radius 3 is 1.65 bits per heavy atom. The molecule has 0 fully saturated rings. The Hall–Kier alpha value is -4.94. The Morgan fingerprint density at radius 1 is 0.625 bits per heavy atom. The van der Waals surface area contributed by atoms with E-state index < -0.39 is 0 Å². The Morgan fingerprint density at radius 2 is 1.12 bits per heavy atom. The molecule has 0 unspecified atom stereocenters. The normalized spacial score (nSPS) is 10.8. The molecule has 1 aromatic heterocycles. The molecule has 0 aliphatic carbocycles. The summed E-state index contributed by atoms with van der Waals surface area (Å²) in [7, 11) is 3.34. The van der Waals surface area contributed by atoms with Gasteiger partial charge in [0.15, 0.2) is 0 Å². The van der Waals surface area contributed by atoms with Crippen LogP contribution in [0.4, 0.5) is 17.1 Å². The first-order valence-corrected chi connectivity index (χ1v) is 13.6. The zero-order valence-corrected chi connectivity index (χ0v) is 22.9. The number of carbonyl (C=O) groups excluding carboxylic acids is 1. The van der Waals surface area contributed by atoms with E-state index in [0.717, 1.165) is 66.8 Å². The van der Waals surface area contributed by atoms with Crippen molar-refractivity contribution in [3.05, 3.63) is 121 Å². The topological polar surface area (TPSA) is 51.7 Å². The zero-order valence-electron chi connectivity index (χ0n) is 22.1. The molecular weight excluding hydrogens is 516 g/mol. The molecule has 0 radical (unpaired) electrons. The van der Waals surface area contributed by atoms with Gasteiger partial charge >= 0.3 is 0 Å². The molecule has 0 aliphatic rings. The number of ether oxygens (including phenoxy) is 2. The summed E-state index contributed by atoms with van der Waals surface area (Å²) < 4.78 is 11.9. The Kier molecular flexibility index (Phi) is 7.00. The predicted octanol–water partition coefficient (Wildman–Crippen LogP) is 8.93. The lowest BCUT2D eigenvalue weighted by Crippen LogP contribution is -2.09. The second-order valence-corrected chi connectivity index (χ2v) is 10.3. The summed E-state index contributed by atoms with van der Waals surface area (Å²) in [6.07, 6.45) is 0.862. The van der Waals surface area contributed by atoms with Crippen LogP contribution in [0.2, 0.25) is 0 Å². The zero-order chi connectivity index (χ0) is 27.5. The Labute approximate surface area is 236 Å². The van der Waals surface area contributed by atoms with Gasteiger partial charge in [-0.3, -0.25) is 4.79 Å². The Bertz CT molecular complexity index is 1710. The van der Waals surface area contributed by atoms with Gasteiger partial charge in [-0.05, 0) is 96.1 Å². The van der Waals surface area contributed by atoms with Crippen LogP contribution in [0.3, 0.4) is 0 Å². The number of benzene rings is 5. The first-order valence-electron chi connectivity index (χ1n) is 12.8. The van der Waals surface area contributed by atoms with Crippen LogP contribution in [0.5, 0.6) is 11.5 Å².